The van der Waals surface area contributed by atoms with E-state index in [0.29, 0.717) is 5.02 Å². The summed E-state index contributed by atoms with van der Waals surface area (Å²) in [4.78, 5) is 3.66. The average molecular weight is 190 g/mol. The van der Waals surface area contributed by atoms with Gasteiger partial charge in [-0.1, -0.05) is 23.2 Å². The molecule has 0 aromatic carbocycles. The first-order valence-electron chi connectivity index (χ1n) is 2.46. The van der Waals surface area contributed by atoms with Crippen molar-refractivity contribution in [3.63, 3.8) is 0 Å². The zero-order valence-corrected chi connectivity index (χ0v) is 7.02. The van der Waals surface area contributed by atoms with E-state index in [0.717, 1.165) is 0 Å². The summed E-state index contributed by atoms with van der Waals surface area (Å²) in [6.07, 6.45) is 0. The Kier molecular flexibility index (Phi) is 3.83. The largest absolute Gasteiger partial charge is 0.344 e. The van der Waals surface area contributed by atoms with Gasteiger partial charge in [-0.15, -0.1) is 0 Å². The second kappa shape index (κ2) is 4.14. The molecule has 58 valence electrons. The van der Waals surface area contributed by atoms with Crippen LogP contribution in [0.5, 0.6) is 0 Å². The molecule has 0 fully saturated rings. The maximum absolute atomic E-state index is 8.39. The molecule has 0 aliphatic heterocycles. The van der Waals surface area contributed by atoms with E-state index in [-0.39, 0.29) is 17.0 Å². The number of hydrogen-bond acceptors (Lipinski definition) is 3. The van der Waals surface area contributed by atoms with Crippen molar-refractivity contribution < 1.29 is 0 Å². The first-order chi connectivity index (χ1) is 4.74. The highest BCUT2D eigenvalue weighted by Gasteiger charge is 1.99. The monoisotopic (exact) mass is 189 g/mol. The van der Waals surface area contributed by atoms with Gasteiger partial charge < -0.3 is 6.15 Å². The lowest BCUT2D eigenvalue weighted by atomic mass is 10.4. The second-order valence-corrected chi connectivity index (χ2v) is 2.37. The van der Waals surface area contributed by atoms with Crippen molar-refractivity contribution in [2.45, 2.75) is 0 Å². The maximum atomic E-state index is 8.39. The minimum Gasteiger partial charge on any atom is -0.344 e. The third-order valence-electron chi connectivity index (χ3n) is 0.918. The van der Waals surface area contributed by atoms with E-state index >= 15 is 0 Å². The summed E-state index contributed by atoms with van der Waals surface area (Å²) in [6.45, 7) is 0. The Balaban J connectivity index is 0.000001000. The number of nitrogens with zero attached hydrogens (tertiary/aromatic N) is 2. The summed E-state index contributed by atoms with van der Waals surface area (Å²) in [5, 5.41) is 8.99. The molecule has 0 aliphatic rings. The van der Waals surface area contributed by atoms with E-state index in [1.165, 1.54) is 12.1 Å². The van der Waals surface area contributed by atoms with Gasteiger partial charge in [-0.05, 0) is 12.1 Å². The molecule has 3 N–H and O–H groups in total. The molecule has 3 nitrogen and oxygen atoms in total. The molecule has 0 saturated carbocycles. The molecular formula is C6H5Cl2N3. The van der Waals surface area contributed by atoms with Gasteiger partial charge in [0.05, 0.1) is 5.02 Å². The Morgan fingerprint density at radius 1 is 1.36 bits per heavy atom. The molecule has 1 aromatic heterocycles. The molecule has 5 heteroatoms. The predicted octanol–water partition coefficient (Wildman–Crippen LogP) is 2.42. The summed E-state index contributed by atoms with van der Waals surface area (Å²) in [6, 6.07) is 4.88. The van der Waals surface area contributed by atoms with Gasteiger partial charge in [-0.3, -0.25) is 0 Å². The molecular weight excluding hydrogens is 185 g/mol. The van der Waals surface area contributed by atoms with Gasteiger partial charge >= 0.3 is 0 Å². The molecule has 0 spiro atoms. The molecule has 0 atom stereocenters. The van der Waals surface area contributed by atoms with E-state index in [2.05, 4.69) is 4.98 Å². The molecule has 0 aliphatic carbocycles. The van der Waals surface area contributed by atoms with Crippen molar-refractivity contribution in [1.82, 2.24) is 11.1 Å². The number of rotatable bonds is 0. The number of aromatic nitrogens is 1. The molecule has 1 rings (SSSR count). The van der Waals surface area contributed by atoms with Crippen LogP contribution in [0.1, 0.15) is 5.69 Å². The van der Waals surface area contributed by atoms with Crippen LogP contribution in [0, 0.1) is 11.3 Å². The highest BCUT2D eigenvalue weighted by molar-refractivity contribution is 6.32. The standard InChI is InChI=1S/C6H2Cl2N2.H3N/c7-4-1-2-6(8)10-5(4)3-9;/h1-2H;1H3. The number of halogens is 2. The van der Waals surface area contributed by atoms with Crippen molar-refractivity contribution in [2.24, 2.45) is 0 Å². The van der Waals surface area contributed by atoms with Crippen LogP contribution in [0.2, 0.25) is 10.2 Å². The lowest BCUT2D eigenvalue weighted by Crippen LogP contribution is -1.82. The zero-order chi connectivity index (χ0) is 7.56. The van der Waals surface area contributed by atoms with Gasteiger partial charge in [0, 0.05) is 0 Å². The number of hydrogen-bond donors (Lipinski definition) is 1. The molecule has 1 aromatic rings. The summed E-state index contributed by atoms with van der Waals surface area (Å²) < 4.78 is 0. The van der Waals surface area contributed by atoms with E-state index in [9.17, 15) is 0 Å². The SMILES string of the molecule is N.N#Cc1nc(Cl)ccc1Cl. The molecule has 11 heavy (non-hydrogen) atoms. The van der Waals surface area contributed by atoms with E-state index in [4.69, 9.17) is 28.5 Å². The summed E-state index contributed by atoms with van der Waals surface area (Å²) in [5.41, 5.74) is 0.161. The quantitative estimate of drug-likeness (QED) is 0.638. The Hall–Kier alpha value is -0.820. The highest BCUT2D eigenvalue weighted by Crippen LogP contribution is 2.15. The molecule has 0 radical (unpaired) electrons. The fourth-order valence-electron chi connectivity index (χ4n) is 0.497. The number of pyridine rings is 1. The van der Waals surface area contributed by atoms with Crippen LogP contribution in [-0.2, 0) is 0 Å². The maximum Gasteiger partial charge on any atom is 0.160 e. The smallest absolute Gasteiger partial charge is 0.160 e. The third kappa shape index (κ3) is 2.35. The van der Waals surface area contributed by atoms with E-state index < -0.39 is 0 Å². The summed E-state index contributed by atoms with van der Waals surface area (Å²) in [5.74, 6) is 0. The van der Waals surface area contributed by atoms with Crippen LogP contribution < -0.4 is 6.15 Å². The summed E-state index contributed by atoms with van der Waals surface area (Å²) in [7, 11) is 0. The molecule has 0 bridgehead atoms. The third-order valence-corrected chi connectivity index (χ3v) is 1.43. The normalized spacial score (nSPS) is 8.09. The minimum absolute atomic E-state index is 0. The Bertz CT molecular complexity index is 292. The van der Waals surface area contributed by atoms with Gasteiger partial charge in [0.15, 0.2) is 5.69 Å². The van der Waals surface area contributed by atoms with Gasteiger partial charge in [0.2, 0.25) is 0 Å². The Labute approximate surface area is 74.2 Å². The first kappa shape index (κ1) is 10.2. The van der Waals surface area contributed by atoms with Crippen molar-refractivity contribution in [2.75, 3.05) is 0 Å². The number of nitriles is 1. The van der Waals surface area contributed by atoms with Gasteiger partial charge in [-0.2, -0.15) is 5.26 Å². The lowest BCUT2D eigenvalue weighted by molar-refractivity contribution is 1.26. The van der Waals surface area contributed by atoms with Gasteiger partial charge in [0.1, 0.15) is 11.2 Å². The minimum atomic E-state index is 0. The van der Waals surface area contributed by atoms with E-state index in [1.54, 1.807) is 0 Å². The van der Waals surface area contributed by atoms with Crippen LogP contribution >= 0.6 is 23.2 Å². The van der Waals surface area contributed by atoms with Crippen molar-refractivity contribution in [3.05, 3.63) is 28.0 Å². The Morgan fingerprint density at radius 2 is 2.00 bits per heavy atom. The van der Waals surface area contributed by atoms with Crippen LogP contribution in [0.4, 0.5) is 0 Å². The molecule has 0 unspecified atom stereocenters. The molecule has 1 heterocycles. The van der Waals surface area contributed by atoms with Gasteiger partial charge in [-0.25, -0.2) is 4.98 Å². The topological polar surface area (TPSA) is 71.7 Å². The van der Waals surface area contributed by atoms with Gasteiger partial charge in [0.25, 0.3) is 0 Å². The van der Waals surface area contributed by atoms with E-state index in [1.807, 2.05) is 6.07 Å². The van der Waals surface area contributed by atoms with Crippen molar-refractivity contribution in [3.8, 4) is 6.07 Å². The highest BCUT2D eigenvalue weighted by atomic mass is 35.5. The fraction of sp³-hybridized carbons (Fsp3) is 0. The predicted molar refractivity (Wildman–Crippen MR) is 44.0 cm³/mol. The first-order valence-corrected chi connectivity index (χ1v) is 3.22. The van der Waals surface area contributed by atoms with Crippen LogP contribution in [0.15, 0.2) is 12.1 Å². The van der Waals surface area contributed by atoms with Crippen molar-refractivity contribution >= 4 is 23.2 Å². The molecule has 0 saturated heterocycles. The van der Waals surface area contributed by atoms with Crippen LogP contribution in [0.3, 0.4) is 0 Å². The second-order valence-electron chi connectivity index (χ2n) is 1.58. The average Bonchev–Trinajstić information content (AvgIpc) is 1.94. The van der Waals surface area contributed by atoms with Crippen LogP contribution in [-0.4, -0.2) is 4.98 Å². The Morgan fingerprint density at radius 3 is 2.45 bits per heavy atom. The summed E-state index contributed by atoms with van der Waals surface area (Å²) >= 11 is 11.0. The van der Waals surface area contributed by atoms with Crippen LogP contribution in [0.25, 0.3) is 0 Å². The molecule has 0 amide bonds. The fourth-order valence-corrected chi connectivity index (χ4v) is 0.792. The lowest BCUT2D eigenvalue weighted by Gasteiger charge is -1.91. The van der Waals surface area contributed by atoms with Crippen molar-refractivity contribution in [1.29, 1.82) is 5.26 Å². The zero-order valence-electron chi connectivity index (χ0n) is 5.51.